The van der Waals surface area contributed by atoms with Crippen molar-refractivity contribution < 1.29 is 0 Å². The van der Waals surface area contributed by atoms with E-state index >= 15 is 0 Å². The van der Waals surface area contributed by atoms with Gasteiger partial charge in [-0.25, -0.2) is 0 Å². The molecular weight excluding hydrogens is 456 g/mol. The summed E-state index contributed by atoms with van der Waals surface area (Å²) in [5.41, 5.74) is 13.8. The van der Waals surface area contributed by atoms with Crippen LogP contribution in [0.25, 0.3) is 33.4 Å². The zero-order chi connectivity index (χ0) is 25.5. The first-order valence-corrected chi connectivity index (χ1v) is 13.3. The van der Waals surface area contributed by atoms with Gasteiger partial charge in [-0.3, -0.25) is 0 Å². The monoisotopic (exact) mass is 484 g/mol. The minimum Gasteiger partial charge on any atom is -0.0622 e. The van der Waals surface area contributed by atoms with Crippen LogP contribution in [-0.4, -0.2) is 0 Å². The Morgan fingerprint density at radius 3 is 1.55 bits per heavy atom. The number of hydrogen-bond donors (Lipinski definition) is 0. The number of rotatable bonds is 4. The van der Waals surface area contributed by atoms with Crippen LogP contribution in [-0.2, 0) is 5.41 Å². The Labute approximate surface area is 224 Å². The Morgan fingerprint density at radius 1 is 0.368 bits per heavy atom. The normalized spacial score (nSPS) is 13.1. The molecule has 6 aromatic carbocycles. The molecular formula is C38H28. The molecule has 0 unspecified atom stereocenters. The van der Waals surface area contributed by atoms with E-state index in [0.717, 1.165) is 0 Å². The maximum absolute atomic E-state index is 2.40. The fourth-order valence-corrected chi connectivity index (χ4v) is 6.33. The molecule has 0 N–H and O–H groups in total. The lowest BCUT2D eigenvalue weighted by Crippen LogP contribution is -2.28. The second-order valence-electron chi connectivity index (χ2n) is 10.2. The first kappa shape index (κ1) is 22.5. The zero-order valence-electron chi connectivity index (χ0n) is 21.4. The highest BCUT2D eigenvalue weighted by molar-refractivity contribution is 5.89. The summed E-state index contributed by atoms with van der Waals surface area (Å²) in [5, 5.41) is 0. The van der Waals surface area contributed by atoms with Gasteiger partial charge >= 0.3 is 0 Å². The van der Waals surface area contributed by atoms with Crippen molar-refractivity contribution in [2.75, 3.05) is 0 Å². The summed E-state index contributed by atoms with van der Waals surface area (Å²) in [4.78, 5) is 0. The average Bonchev–Trinajstić information content (AvgIpc) is 3.29. The largest absolute Gasteiger partial charge is 0.0713 e. The lowest BCUT2D eigenvalue weighted by atomic mass is 9.67. The lowest BCUT2D eigenvalue weighted by Gasteiger charge is -2.33. The fraction of sp³-hybridized carbons (Fsp3) is 0.0526. The smallest absolute Gasteiger partial charge is 0.0622 e. The van der Waals surface area contributed by atoms with Gasteiger partial charge in [0.1, 0.15) is 0 Å². The van der Waals surface area contributed by atoms with Crippen molar-refractivity contribution in [2.45, 2.75) is 12.3 Å². The van der Waals surface area contributed by atoms with E-state index in [2.05, 4.69) is 159 Å². The highest BCUT2D eigenvalue weighted by atomic mass is 14.5. The van der Waals surface area contributed by atoms with Gasteiger partial charge in [-0.15, -0.1) is 0 Å². The van der Waals surface area contributed by atoms with E-state index in [4.69, 9.17) is 0 Å². The van der Waals surface area contributed by atoms with E-state index in [1.165, 1.54) is 61.2 Å². The van der Waals surface area contributed by atoms with Crippen LogP contribution in [0.1, 0.15) is 27.8 Å². The summed E-state index contributed by atoms with van der Waals surface area (Å²) in [6, 6.07) is 55.6. The van der Waals surface area contributed by atoms with Crippen LogP contribution in [0.15, 0.2) is 152 Å². The number of fused-ring (bicyclic) bond motifs is 3. The zero-order valence-corrected chi connectivity index (χ0v) is 21.4. The van der Waals surface area contributed by atoms with Gasteiger partial charge < -0.3 is 0 Å². The van der Waals surface area contributed by atoms with Crippen molar-refractivity contribution in [2.24, 2.45) is 0 Å². The second-order valence-corrected chi connectivity index (χ2v) is 10.2. The third-order valence-corrected chi connectivity index (χ3v) is 8.01. The van der Waals surface area contributed by atoms with Crippen LogP contribution in [0.2, 0.25) is 0 Å². The maximum atomic E-state index is 2.40. The quantitative estimate of drug-likeness (QED) is 0.233. The molecule has 0 aromatic heterocycles. The molecule has 38 heavy (non-hydrogen) atoms. The van der Waals surface area contributed by atoms with Crippen LogP contribution >= 0.6 is 0 Å². The Morgan fingerprint density at radius 2 is 0.895 bits per heavy atom. The molecule has 0 saturated heterocycles. The first-order valence-electron chi connectivity index (χ1n) is 13.3. The van der Waals surface area contributed by atoms with Crippen LogP contribution in [0.5, 0.6) is 0 Å². The summed E-state index contributed by atoms with van der Waals surface area (Å²) in [5.74, 6) is 0. The van der Waals surface area contributed by atoms with Crippen LogP contribution < -0.4 is 0 Å². The van der Waals surface area contributed by atoms with Crippen molar-refractivity contribution in [3.63, 3.8) is 0 Å². The van der Waals surface area contributed by atoms with Crippen LogP contribution in [0.4, 0.5) is 0 Å². The molecule has 0 amide bonds. The standard InChI is InChI=1S/C38H28/c1-27-12-10-13-28(24-27)29-14-11-15-30(25-29)31-22-23-37-35(26-31)34-20-8-9-21-36(34)38(37,32-16-4-2-5-17-32)33-18-6-3-7-19-33/h2-26H,1H3. The SMILES string of the molecule is Cc1cccc(-c2cccc(-c3ccc4c(c3)-c3ccccc3C4(c3ccccc3)c3ccccc3)c2)c1. The van der Waals surface area contributed by atoms with E-state index in [-0.39, 0.29) is 5.41 Å². The predicted octanol–water partition coefficient (Wildman–Crippen LogP) is 9.69. The molecule has 0 radical (unpaired) electrons. The minimum atomic E-state index is -0.351. The van der Waals surface area contributed by atoms with E-state index in [1.54, 1.807) is 0 Å². The fourth-order valence-electron chi connectivity index (χ4n) is 6.33. The van der Waals surface area contributed by atoms with Gasteiger partial charge in [-0.05, 0) is 74.7 Å². The predicted molar refractivity (Wildman–Crippen MR) is 159 cm³/mol. The molecule has 0 aliphatic heterocycles. The lowest BCUT2D eigenvalue weighted by molar-refractivity contribution is 0.768. The summed E-state index contributed by atoms with van der Waals surface area (Å²) in [6.45, 7) is 2.15. The summed E-state index contributed by atoms with van der Waals surface area (Å²) in [7, 11) is 0. The van der Waals surface area contributed by atoms with Gasteiger partial charge in [0.2, 0.25) is 0 Å². The Bertz CT molecular complexity index is 1720. The van der Waals surface area contributed by atoms with Gasteiger partial charge in [0, 0.05) is 0 Å². The van der Waals surface area contributed by atoms with Crippen molar-refractivity contribution in [3.05, 3.63) is 179 Å². The molecule has 0 spiro atoms. The molecule has 0 nitrogen and oxygen atoms in total. The molecule has 0 bridgehead atoms. The summed E-state index contributed by atoms with van der Waals surface area (Å²) in [6.07, 6.45) is 0. The third kappa shape index (κ3) is 3.45. The Hall–Kier alpha value is -4.68. The molecule has 0 heteroatoms. The van der Waals surface area contributed by atoms with Gasteiger partial charge in [0.15, 0.2) is 0 Å². The number of aryl methyl sites for hydroxylation is 1. The van der Waals surface area contributed by atoms with Crippen molar-refractivity contribution >= 4 is 0 Å². The molecule has 180 valence electrons. The summed E-state index contributed by atoms with van der Waals surface area (Å²) < 4.78 is 0. The topological polar surface area (TPSA) is 0 Å². The summed E-state index contributed by atoms with van der Waals surface area (Å²) >= 11 is 0. The van der Waals surface area contributed by atoms with Crippen molar-refractivity contribution in [1.29, 1.82) is 0 Å². The average molecular weight is 485 g/mol. The molecule has 0 fully saturated rings. The van der Waals surface area contributed by atoms with Gasteiger partial charge in [-0.2, -0.15) is 0 Å². The van der Waals surface area contributed by atoms with E-state index in [9.17, 15) is 0 Å². The van der Waals surface area contributed by atoms with Gasteiger partial charge in [0.25, 0.3) is 0 Å². The molecule has 0 atom stereocenters. The molecule has 6 aromatic rings. The molecule has 0 heterocycles. The number of benzene rings is 6. The van der Waals surface area contributed by atoms with E-state index in [0.29, 0.717) is 0 Å². The third-order valence-electron chi connectivity index (χ3n) is 8.01. The Kier molecular flexibility index (Phi) is 5.34. The molecule has 0 saturated carbocycles. The minimum absolute atomic E-state index is 0.351. The molecule has 1 aliphatic carbocycles. The maximum Gasteiger partial charge on any atom is 0.0713 e. The highest BCUT2D eigenvalue weighted by Crippen LogP contribution is 2.56. The highest BCUT2D eigenvalue weighted by Gasteiger charge is 2.45. The van der Waals surface area contributed by atoms with Crippen molar-refractivity contribution in [3.8, 4) is 33.4 Å². The number of hydrogen-bond acceptors (Lipinski definition) is 0. The second kappa shape index (κ2) is 9.01. The first-order chi connectivity index (χ1) is 18.7. The molecule has 7 rings (SSSR count). The van der Waals surface area contributed by atoms with Gasteiger partial charge in [-0.1, -0.05) is 145 Å². The van der Waals surface area contributed by atoms with Gasteiger partial charge in [0.05, 0.1) is 5.41 Å². The molecule has 1 aliphatic rings. The van der Waals surface area contributed by atoms with Crippen LogP contribution in [0, 0.1) is 6.92 Å². The van der Waals surface area contributed by atoms with Crippen molar-refractivity contribution in [1.82, 2.24) is 0 Å². The van der Waals surface area contributed by atoms with E-state index < -0.39 is 0 Å². The van der Waals surface area contributed by atoms with E-state index in [1.807, 2.05) is 0 Å². The van der Waals surface area contributed by atoms with Crippen LogP contribution in [0.3, 0.4) is 0 Å². The Balaban J connectivity index is 1.46.